The molecule has 0 aromatic rings. The van der Waals surface area contributed by atoms with E-state index in [4.69, 9.17) is 5.11 Å². The summed E-state index contributed by atoms with van der Waals surface area (Å²) < 4.78 is 39.0. The second kappa shape index (κ2) is 6.44. The van der Waals surface area contributed by atoms with Gasteiger partial charge in [-0.15, -0.1) is 0 Å². The van der Waals surface area contributed by atoms with Gasteiger partial charge in [-0.1, -0.05) is 19.3 Å². The quantitative estimate of drug-likeness (QED) is 0.806. The van der Waals surface area contributed by atoms with Crippen LogP contribution in [0.3, 0.4) is 0 Å². The lowest BCUT2D eigenvalue weighted by molar-refractivity contribution is -0.187. The lowest BCUT2D eigenvalue weighted by atomic mass is 9.79. The summed E-state index contributed by atoms with van der Waals surface area (Å²) in [6.07, 6.45) is 1.80. The number of carbonyl (C=O) groups is 2. The Balaban J connectivity index is 1.58. The standard InChI is InChI=1S/C16H23F3N2O3/c17-16(18,19)13-8-21(7-12(13)14(22)23)15(24)20-11-5-4-9-2-1-3-10(9)6-11/h9-13H,1-8H2,(H,20,24)(H,22,23)/t9?,10?,11?,12-,13-/m1/s1. The summed E-state index contributed by atoms with van der Waals surface area (Å²) in [5.74, 6) is -3.74. The summed E-state index contributed by atoms with van der Waals surface area (Å²) in [6.45, 7) is -0.963. The number of nitrogens with one attached hydrogen (secondary N) is 1. The van der Waals surface area contributed by atoms with Crippen LogP contribution < -0.4 is 5.32 Å². The first-order chi connectivity index (χ1) is 11.3. The first-order valence-electron chi connectivity index (χ1n) is 8.60. The van der Waals surface area contributed by atoms with Crippen molar-refractivity contribution in [2.75, 3.05) is 13.1 Å². The normalized spacial score (nSPS) is 36.5. The Morgan fingerprint density at radius 3 is 2.38 bits per heavy atom. The molecule has 0 aromatic heterocycles. The van der Waals surface area contributed by atoms with Crippen LogP contribution in [0, 0.1) is 23.7 Å². The fraction of sp³-hybridized carbons (Fsp3) is 0.875. The van der Waals surface area contributed by atoms with E-state index in [1.807, 2.05) is 0 Å². The Morgan fingerprint density at radius 1 is 1.04 bits per heavy atom. The van der Waals surface area contributed by atoms with Crippen LogP contribution >= 0.6 is 0 Å². The van der Waals surface area contributed by atoms with Gasteiger partial charge in [0, 0.05) is 19.1 Å². The summed E-state index contributed by atoms with van der Waals surface area (Å²) in [7, 11) is 0. The number of carbonyl (C=O) groups excluding carboxylic acids is 1. The molecule has 2 saturated carbocycles. The van der Waals surface area contributed by atoms with Crippen molar-refractivity contribution in [2.45, 2.75) is 50.7 Å². The Kier molecular flexibility index (Phi) is 4.66. The summed E-state index contributed by atoms with van der Waals surface area (Å²) in [6, 6.07) is -0.570. The van der Waals surface area contributed by atoms with E-state index < -0.39 is 36.6 Å². The highest BCUT2D eigenvalue weighted by Crippen LogP contribution is 2.42. The molecule has 1 aliphatic heterocycles. The lowest BCUT2D eigenvalue weighted by Gasteiger charge is -2.33. The predicted molar refractivity (Wildman–Crippen MR) is 79.2 cm³/mol. The molecule has 0 spiro atoms. The van der Waals surface area contributed by atoms with E-state index in [1.54, 1.807) is 0 Å². The highest BCUT2D eigenvalue weighted by Gasteiger charge is 2.53. The van der Waals surface area contributed by atoms with Crippen molar-refractivity contribution >= 4 is 12.0 Å². The largest absolute Gasteiger partial charge is 0.481 e. The average molecular weight is 348 g/mol. The number of aliphatic carboxylic acids is 1. The van der Waals surface area contributed by atoms with Crippen molar-refractivity contribution in [3.8, 4) is 0 Å². The first-order valence-corrected chi connectivity index (χ1v) is 8.60. The van der Waals surface area contributed by atoms with Crippen LogP contribution in [-0.2, 0) is 4.79 Å². The fourth-order valence-electron chi connectivity index (χ4n) is 4.65. The summed E-state index contributed by atoms with van der Waals surface area (Å²) in [5.41, 5.74) is 0. The van der Waals surface area contributed by atoms with Gasteiger partial charge in [0.1, 0.15) is 0 Å². The molecule has 24 heavy (non-hydrogen) atoms. The Morgan fingerprint density at radius 2 is 1.75 bits per heavy atom. The Labute approximate surface area is 138 Å². The van der Waals surface area contributed by atoms with Crippen molar-refractivity contribution in [3.63, 3.8) is 0 Å². The zero-order valence-corrected chi connectivity index (χ0v) is 13.4. The molecule has 3 rings (SSSR count). The van der Waals surface area contributed by atoms with E-state index in [2.05, 4.69) is 5.32 Å². The minimum absolute atomic E-state index is 0.00920. The van der Waals surface area contributed by atoms with Gasteiger partial charge in [0.2, 0.25) is 0 Å². The molecule has 0 bridgehead atoms. The molecule has 3 fully saturated rings. The van der Waals surface area contributed by atoms with Crippen molar-refractivity contribution < 1.29 is 27.9 Å². The number of amides is 2. The van der Waals surface area contributed by atoms with Gasteiger partial charge < -0.3 is 15.3 Å². The van der Waals surface area contributed by atoms with Crippen LogP contribution in [0.25, 0.3) is 0 Å². The molecular formula is C16H23F3N2O3. The third-order valence-corrected chi connectivity index (χ3v) is 5.96. The molecule has 0 radical (unpaired) electrons. The van der Waals surface area contributed by atoms with Crippen molar-refractivity contribution in [3.05, 3.63) is 0 Å². The van der Waals surface area contributed by atoms with Gasteiger partial charge in [-0.3, -0.25) is 4.79 Å². The predicted octanol–water partition coefficient (Wildman–Crippen LogP) is 2.86. The monoisotopic (exact) mass is 348 g/mol. The van der Waals surface area contributed by atoms with Gasteiger partial charge in [0.15, 0.2) is 0 Å². The third-order valence-electron chi connectivity index (χ3n) is 5.96. The minimum atomic E-state index is -4.61. The van der Waals surface area contributed by atoms with Crippen molar-refractivity contribution in [1.82, 2.24) is 10.2 Å². The number of rotatable bonds is 2. The minimum Gasteiger partial charge on any atom is -0.481 e. The highest BCUT2D eigenvalue weighted by molar-refractivity contribution is 5.78. The van der Waals surface area contributed by atoms with Gasteiger partial charge >= 0.3 is 18.2 Å². The number of urea groups is 1. The summed E-state index contributed by atoms with van der Waals surface area (Å²) >= 11 is 0. The summed E-state index contributed by atoms with van der Waals surface area (Å²) in [5, 5.41) is 11.8. The van der Waals surface area contributed by atoms with Crippen LogP contribution in [0.5, 0.6) is 0 Å². The van der Waals surface area contributed by atoms with Crippen LogP contribution in [0.15, 0.2) is 0 Å². The number of halogens is 3. The summed E-state index contributed by atoms with van der Waals surface area (Å²) in [4.78, 5) is 24.4. The number of alkyl halides is 3. The van der Waals surface area contributed by atoms with Crippen LogP contribution in [0.1, 0.15) is 38.5 Å². The SMILES string of the molecule is O=C(O)[C@@H]1CN(C(=O)NC2CCC3CCCC3C2)C[C@H]1C(F)(F)F. The molecule has 8 heteroatoms. The van der Waals surface area contributed by atoms with Gasteiger partial charge in [0.05, 0.1) is 11.8 Å². The second-order valence-corrected chi connectivity index (χ2v) is 7.41. The maximum absolute atomic E-state index is 13.0. The number of fused-ring (bicyclic) bond motifs is 1. The molecule has 2 N–H and O–H groups in total. The molecule has 0 aromatic carbocycles. The van der Waals surface area contributed by atoms with Crippen LogP contribution in [-0.4, -0.2) is 47.3 Å². The zero-order valence-electron chi connectivity index (χ0n) is 13.4. The molecule has 1 heterocycles. The average Bonchev–Trinajstić information content (AvgIpc) is 3.13. The fourth-order valence-corrected chi connectivity index (χ4v) is 4.65. The first kappa shape index (κ1) is 17.4. The Bertz CT molecular complexity index is 511. The molecule has 5 atom stereocenters. The van der Waals surface area contributed by atoms with E-state index in [9.17, 15) is 22.8 Å². The molecule has 3 aliphatic rings. The van der Waals surface area contributed by atoms with Crippen LogP contribution in [0.2, 0.25) is 0 Å². The van der Waals surface area contributed by atoms with Gasteiger partial charge in [0.25, 0.3) is 0 Å². The van der Waals surface area contributed by atoms with E-state index >= 15 is 0 Å². The molecule has 3 unspecified atom stereocenters. The van der Waals surface area contributed by atoms with E-state index in [-0.39, 0.29) is 12.6 Å². The van der Waals surface area contributed by atoms with E-state index in [0.29, 0.717) is 5.92 Å². The molecule has 1 saturated heterocycles. The lowest BCUT2D eigenvalue weighted by Crippen LogP contribution is -2.46. The molecule has 136 valence electrons. The van der Waals surface area contributed by atoms with E-state index in [1.165, 1.54) is 12.8 Å². The molecule has 2 aliphatic carbocycles. The molecule has 5 nitrogen and oxygen atoms in total. The number of likely N-dealkylation sites (tertiary alicyclic amines) is 1. The number of carboxylic acid groups (broad SMARTS) is 1. The Hall–Kier alpha value is -1.47. The van der Waals surface area contributed by atoms with Gasteiger partial charge in [-0.05, 0) is 31.1 Å². The number of hydrogen-bond acceptors (Lipinski definition) is 2. The van der Waals surface area contributed by atoms with Crippen molar-refractivity contribution in [2.24, 2.45) is 23.7 Å². The zero-order chi connectivity index (χ0) is 17.5. The van der Waals surface area contributed by atoms with Gasteiger partial charge in [-0.2, -0.15) is 13.2 Å². The molecular weight excluding hydrogens is 325 g/mol. The second-order valence-electron chi connectivity index (χ2n) is 7.41. The van der Waals surface area contributed by atoms with Crippen molar-refractivity contribution in [1.29, 1.82) is 0 Å². The highest BCUT2D eigenvalue weighted by atomic mass is 19.4. The topological polar surface area (TPSA) is 69.6 Å². The van der Waals surface area contributed by atoms with E-state index in [0.717, 1.165) is 36.5 Å². The maximum Gasteiger partial charge on any atom is 0.394 e. The third kappa shape index (κ3) is 3.47. The van der Waals surface area contributed by atoms with Gasteiger partial charge in [-0.25, -0.2) is 4.79 Å². The smallest absolute Gasteiger partial charge is 0.394 e. The van der Waals surface area contributed by atoms with Crippen LogP contribution in [0.4, 0.5) is 18.0 Å². The maximum atomic E-state index is 13.0. The number of nitrogens with zero attached hydrogens (tertiary/aromatic N) is 1. The number of carboxylic acids is 1. The molecule has 2 amide bonds. The number of hydrogen-bond donors (Lipinski definition) is 2.